The molecule has 1 amide bonds. The van der Waals surface area contributed by atoms with Crippen molar-refractivity contribution in [3.05, 3.63) is 85.1 Å². The lowest BCUT2D eigenvalue weighted by atomic mass is 9.99. The molecule has 1 rings (SSSR count). The molecular weight excluding hydrogens is 574 g/mol. The third-order valence-electron chi connectivity index (χ3n) is 6.96. The number of allylic oxidation sites excluding steroid dienone is 12. The van der Waals surface area contributed by atoms with Gasteiger partial charge in [-0.25, -0.2) is 0 Å². The smallest absolute Gasteiger partial charge is 0.224 e. The highest BCUT2D eigenvalue weighted by molar-refractivity contribution is 5.77. The summed E-state index contributed by atoms with van der Waals surface area (Å²) in [5, 5.41) is 53.3. The molecule has 0 aliphatic carbocycles. The first-order chi connectivity index (χ1) is 21.8. The van der Waals surface area contributed by atoms with Crippen molar-refractivity contribution < 1.29 is 39.8 Å². The first-order valence-corrected chi connectivity index (χ1v) is 16.3. The quantitative estimate of drug-likeness (QED) is 0.0714. The number of rotatable bonds is 23. The molecule has 0 aromatic carbocycles. The van der Waals surface area contributed by atoms with Crippen LogP contribution in [0.3, 0.4) is 0 Å². The summed E-state index contributed by atoms with van der Waals surface area (Å²) in [6, 6.07) is -0.875. The molecule has 9 nitrogen and oxygen atoms in total. The first-order valence-electron chi connectivity index (χ1n) is 16.3. The molecule has 7 unspecified atom stereocenters. The van der Waals surface area contributed by atoms with Gasteiger partial charge in [0.1, 0.15) is 24.4 Å². The zero-order valence-electron chi connectivity index (χ0n) is 27.1. The van der Waals surface area contributed by atoms with E-state index >= 15 is 0 Å². The van der Waals surface area contributed by atoms with Crippen LogP contribution in [0.2, 0.25) is 0 Å². The van der Waals surface area contributed by atoms with E-state index < -0.39 is 49.5 Å². The number of amides is 1. The highest BCUT2D eigenvalue weighted by Gasteiger charge is 2.44. The molecule has 0 spiro atoms. The highest BCUT2D eigenvalue weighted by atomic mass is 16.7. The van der Waals surface area contributed by atoms with E-state index in [1.807, 2.05) is 18.2 Å². The van der Waals surface area contributed by atoms with E-state index in [9.17, 15) is 30.3 Å². The van der Waals surface area contributed by atoms with E-state index in [2.05, 4.69) is 73.8 Å². The van der Waals surface area contributed by atoms with Crippen molar-refractivity contribution in [1.82, 2.24) is 5.32 Å². The number of aliphatic hydroxyl groups excluding tert-OH is 5. The second kappa shape index (κ2) is 26.6. The van der Waals surface area contributed by atoms with Gasteiger partial charge in [0.15, 0.2) is 6.29 Å². The van der Waals surface area contributed by atoms with Crippen LogP contribution >= 0.6 is 0 Å². The molecule has 0 saturated carbocycles. The van der Waals surface area contributed by atoms with Gasteiger partial charge in [-0.1, -0.05) is 105 Å². The van der Waals surface area contributed by atoms with Crippen molar-refractivity contribution in [2.75, 3.05) is 13.2 Å². The van der Waals surface area contributed by atoms with Crippen LogP contribution in [0.4, 0.5) is 0 Å². The Morgan fingerprint density at radius 3 is 1.89 bits per heavy atom. The molecule has 1 aliphatic rings. The number of aliphatic hydroxyl groups is 5. The highest BCUT2D eigenvalue weighted by Crippen LogP contribution is 2.22. The van der Waals surface area contributed by atoms with Crippen molar-refractivity contribution in [2.45, 2.75) is 121 Å². The number of carbonyl (C=O) groups is 1. The fraction of sp³-hybridized carbons (Fsp3) is 0.583. The van der Waals surface area contributed by atoms with Gasteiger partial charge < -0.3 is 40.3 Å². The van der Waals surface area contributed by atoms with Crippen LogP contribution in [0.15, 0.2) is 85.1 Å². The molecule has 9 heteroatoms. The van der Waals surface area contributed by atoms with Crippen LogP contribution in [0.5, 0.6) is 0 Å². The summed E-state index contributed by atoms with van der Waals surface area (Å²) in [5.41, 5.74) is 0. The molecule has 0 aromatic heterocycles. The molecule has 1 heterocycles. The summed E-state index contributed by atoms with van der Waals surface area (Å²) in [4.78, 5) is 12.7. The number of hydrogen-bond donors (Lipinski definition) is 6. The number of hydrogen-bond acceptors (Lipinski definition) is 8. The maximum absolute atomic E-state index is 12.7. The van der Waals surface area contributed by atoms with E-state index in [0.717, 1.165) is 44.9 Å². The Balaban J connectivity index is 2.59. The van der Waals surface area contributed by atoms with Crippen LogP contribution in [0.1, 0.15) is 78.1 Å². The van der Waals surface area contributed by atoms with Crippen molar-refractivity contribution in [3.8, 4) is 0 Å². The standard InChI is InChI=1S/C36H57NO8/c1-3-5-7-9-11-12-13-14-15-16-17-18-20-22-24-26-32(40)37-29(30(39)25-23-21-19-10-8-6-4-2)28-44-36-35(43)34(42)33(41)31(27-38)45-36/h5,7-8,10-12,14-15,17-18,22-25,29-31,33-36,38-39,41-43H,3-4,6,9,13,16,19-21,26-28H2,1-2H3,(H,37,40)/b7-5-,10-8+,12-11-,15-14-,18-17-,24-22-,25-23+. The molecule has 1 fully saturated rings. The van der Waals surface area contributed by atoms with Gasteiger partial charge in [-0.15, -0.1) is 0 Å². The maximum atomic E-state index is 12.7. The van der Waals surface area contributed by atoms with Crippen LogP contribution in [-0.2, 0) is 14.3 Å². The Hall–Kier alpha value is -2.63. The Morgan fingerprint density at radius 1 is 0.756 bits per heavy atom. The van der Waals surface area contributed by atoms with Gasteiger partial charge in [-0.2, -0.15) is 0 Å². The average Bonchev–Trinajstić information content (AvgIpc) is 3.04. The topological polar surface area (TPSA) is 149 Å². The monoisotopic (exact) mass is 631 g/mol. The predicted octanol–water partition coefficient (Wildman–Crippen LogP) is 4.48. The molecule has 1 saturated heterocycles. The van der Waals surface area contributed by atoms with Crippen molar-refractivity contribution in [1.29, 1.82) is 0 Å². The Labute approximate surface area is 270 Å². The van der Waals surface area contributed by atoms with Gasteiger partial charge in [-0.3, -0.25) is 4.79 Å². The zero-order chi connectivity index (χ0) is 33.1. The third-order valence-corrected chi connectivity index (χ3v) is 6.96. The number of carbonyl (C=O) groups excluding carboxylic acids is 1. The third kappa shape index (κ3) is 18.8. The van der Waals surface area contributed by atoms with Gasteiger partial charge >= 0.3 is 0 Å². The van der Waals surface area contributed by atoms with Crippen molar-refractivity contribution in [3.63, 3.8) is 0 Å². The molecule has 0 aromatic rings. The Kier molecular flexibility index (Phi) is 23.9. The maximum Gasteiger partial charge on any atom is 0.224 e. The van der Waals surface area contributed by atoms with E-state index in [1.54, 1.807) is 12.2 Å². The largest absolute Gasteiger partial charge is 0.394 e. The van der Waals surface area contributed by atoms with Gasteiger partial charge in [0, 0.05) is 6.42 Å². The summed E-state index contributed by atoms with van der Waals surface area (Å²) < 4.78 is 11.0. The number of nitrogens with one attached hydrogen (secondary N) is 1. The average molecular weight is 632 g/mol. The molecule has 0 radical (unpaired) electrons. The molecule has 45 heavy (non-hydrogen) atoms. The van der Waals surface area contributed by atoms with E-state index in [0.29, 0.717) is 12.8 Å². The molecule has 6 N–H and O–H groups in total. The van der Waals surface area contributed by atoms with Crippen LogP contribution in [0.25, 0.3) is 0 Å². The van der Waals surface area contributed by atoms with Crippen molar-refractivity contribution in [2.24, 2.45) is 0 Å². The number of ether oxygens (including phenoxy) is 2. The lowest BCUT2D eigenvalue weighted by Crippen LogP contribution is -2.60. The molecule has 254 valence electrons. The van der Waals surface area contributed by atoms with Gasteiger partial charge in [0.05, 0.1) is 25.4 Å². The van der Waals surface area contributed by atoms with Gasteiger partial charge in [-0.05, 0) is 51.4 Å². The Morgan fingerprint density at radius 2 is 1.31 bits per heavy atom. The minimum Gasteiger partial charge on any atom is -0.394 e. The summed E-state index contributed by atoms with van der Waals surface area (Å²) in [5.74, 6) is -0.325. The molecule has 1 aliphatic heterocycles. The second-order valence-corrected chi connectivity index (χ2v) is 10.9. The van der Waals surface area contributed by atoms with Gasteiger partial charge in [0.2, 0.25) is 5.91 Å². The lowest BCUT2D eigenvalue weighted by Gasteiger charge is -2.40. The molecular formula is C36H57NO8. The lowest BCUT2D eigenvalue weighted by molar-refractivity contribution is -0.302. The predicted molar refractivity (Wildman–Crippen MR) is 179 cm³/mol. The fourth-order valence-electron chi connectivity index (χ4n) is 4.30. The van der Waals surface area contributed by atoms with E-state index in [4.69, 9.17) is 9.47 Å². The SMILES string of the molecule is CC/C=C\C/C=C\C/C=C\C/C=C\C/C=C\CC(=O)NC(COC1OC(CO)C(O)C(O)C1O)C(O)/C=C/CC/C=C/CCC. The first kappa shape index (κ1) is 40.4. The Bertz CT molecular complexity index is 968. The van der Waals surface area contributed by atoms with Gasteiger partial charge in [0.25, 0.3) is 0 Å². The summed E-state index contributed by atoms with van der Waals surface area (Å²) in [6.07, 6.45) is 28.3. The van der Waals surface area contributed by atoms with Crippen molar-refractivity contribution >= 4 is 5.91 Å². The number of unbranched alkanes of at least 4 members (excludes halogenated alkanes) is 2. The minimum absolute atomic E-state index is 0.0999. The zero-order valence-corrected chi connectivity index (χ0v) is 27.1. The molecule has 0 bridgehead atoms. The van der Waals surface area contributed by atoms with Crippen LogP contribution in [0, 0.1) is 0 Å². The normalized spacial score (nSPS) is 24.5. The van der Waals surface area contributed by atoms with E-state index in [-0.39, 0.29) is 18.9 Å². The minimum atomic E-state index is -1.59. The summed E-state index contributed by atoms with van der Waals surface area (Å²) in [7, 11) is 0. The fourth-order valence-corrected chi connectivity index (χ4v) is 4.30. The second-order valence-electron chi connectivity index (χ2n) is 10.9. The van der Waals surface area contributed by atoms with Crippen LogP contribution < -0.4 is 5.32 Å². The molecule has 7 atom stereocenters. The van der Waals surface area contributed by atoms with Crippen LogP contribution in [-0.4, -0.2) is 87.5 Å². The van der Waals surface area contributed by atoms with E-state index in [1.165, 1.54) is 0 Å². The summed E-state index contributed by atoms with van der Waals surface area (Å²) in [6.45, 7) is 3.40. The summed E-state index contributed by atoms with van der Waals surface area (Å²) >= 11 is 0.